The molecule has 0 aliphatic carbocycles. The molecular weight excluding hydrogens is 477 g/mol. The fourth-order valence-electron chi connectivity index (χ4n) is 3.67. The van der Waals surface area contributed by atoms with Crippen molar-refractivity contribution < 1.29 is 0 Å². The number of nitrogens with zero attached hydrogens (tertiary/aromatic N) is 5. The Morgan fingerprint density at radius 1 is 1.00 bits per heavy atom. The van der Waals surface area contributed by atoms with E-state index in [1.54, 1.807) is 24.4 Å². The highest BCUT2D eigenvalue weighted by molar-refractivity contribution is 6.35. The lowest BCUT2D eigenvalue weighted by Crippen LogP contribution is -2.29. The number of fused-ring (bicyclic) bond motifs is 1. The number of nitrogens with two attached hydrogens (primary N) is 2. The Morgan fingerprint density at radius 3 is 2.53 bits per heavy atom. The second kappa shape index (κ2) is 8.65. The summed E-state index contributed by atoms with van der Waals surface area (Å²) >= 11 is 12.8. The number of benzene rings is 2. The van der Waals surface area contributed by atoms with Crippen molar-refractivity contribution in [1.29, 1.82) is 0 Å². The lowest BCUT2D eigenvalue weighted by Gasteiger charge is -2.23. The van der Waals surface area contributed by atoms with Gasteiger partial charge in [-0.25, -0.2) is 4.98 Å². The van der Waals surface area contributed by atoms with Gasteiger partial charge in [-0.2, -0.15) is 15.1 Å². The van der Waals surface area contributed by atoms with Crippen LogP contribution in [0.1, 0.15) is 17.4 Å². The van der Waals surface area contributed by atoms with Gasteiger partial charge in [-0.1, -0.05) is 59.6 Å². The van der Waals surface area contributed by atoms with Gasteiger partial charge in [-0.15, -0.1) is 0 Å². The van der Waals surface area contributed by atoms with Gasteiger partial charge >= 0.3 is 0 Å². The monoisotopic (exact) mass is 493 g/mol. The standard InChI is InChI=1S/C22H17Cl2N9O/c23-13-7-4-8-14-15(13)21(34)33(12-9-27-28-10-12)20(29-14)17(11-5-2-1-3-6-11)30-19-16(24)18(25)31-22(26)32-19/h1-10,17H,(H,27,28)(H5,25,26,30,31,32)/t17-/m0/s1. The lowest BCUT2D eigenvalue weighted by atomic mass is 10.0. The summed E-state index contributed by atoms with van der Waals surface area (Å²) in [5, 5.41) is 10.6. The van der Waals surface area contributed by atoms with Gasteiger partial charge in [0.05, 0.1) is 27.8 Å². The van der Waals surface area contributed by atoms with Gasteiger partial charge in [0.2, 0.25) is 5.95 Å². The van der Waals surface area contributed by atoms with Crippen molar-refractivity contribution in [3.63, 3.8) is 0 Å². The molecule has 10 nitrogen and oxygen atoms in total. The molecule has 0 fully saturated rings. The van der Waals surface area contributed by atoms with Gasteiger partial charge in [0.25, 0.3) is 5.56 Å². The highest BCUT2D eigenvalue weighted by Crippen LogP contribution is 2.32. The van der Waals surface area contributed by atoms with Crippen molar-refractivity contribution in [3.05, 3.63) is 92.7 Å². The number of nitrogens with one attached hydrogen (secondary N) is 2. The van der Waals surface area contributed by atoms with Crippen LogP contribution in [0.4, 0.5) is 17.6 Å². The van der Waals surface area contributed by atoms with Crippen molar-refractivity contribution in [2.24, 2.45) is 0 Å². The average Bonchev–Trinajstić information content (AvgIpc) is 3.35. The molecule has 2 aromatic carbocycles. The largest absolute Gasteiger partial charge is 0.382 e. The summed E-state index contributed by atoms with van der Waals surface area (Å²) in [5.41, 5.74) is 13.0. The maximum Gasteiger partial charge on any atom is 0.267 e. The number of halogens is 2. The Hall–Kier alpha value is -4.15. The van der Waals surface area contributed by atoms with Crippen molar-refractivity contribution in [2.75, 3.05) is 16.8 Å². The van der Waals surface area contributed by atoms with Crippen LogP contribution in [0.3, 0.4) is 0 Å². The van der Waals surface area contributed by atoms with E-state index < -0.39 is 6.04 Å². The molecule has 0 unspecified atom stereocenters. The van der Waals surface area contributed by atoms with Crippen LogP contribution in [0.15, 0.2) is 65.7 Å². The zero-order valence-corrected chi connectivity index (χ0v) is 18.9. The number of nitrogen functional groups attached to an aromatic ring is 2. The quantitative estimate of drug-likeness (QED) is 0.289. The van der Waals surface area contributed by atoms with Crippen LogP contribution in [-0.4, -0.2) is 29.7 Å². The molecule has 0 radical (unpaired) electrons. The second-order valence-electron chi connectivity index (χ2n) is 7.32. The SMILES string of the molecule is Nc1nc(N)c(Cl)c(N[C@@H](c2ccccc2)c2nc3cccc(Cl)c3c(=O)n2-c2cn[nH]c2)n1. The average molecular weight is 494 g/mol. The molecule has 5 rings (SSSR count). The molecule has 34 heavy (non-hydrogen) atoms. The molecule has 0 aliphatic heterocycles. The van der Waals surface area contributed by atoms with Gasteiger partial charge in [0.15, 0.2) is 5.82 Å². The van der Waals surface area contributed by atoms with E-state index in [2.05, 4.69) is 25.5 Å². The maximum absolute atomic E-state index is 13.7. The summed E-state index contributed by atoms with van der Waals surface area (Å²) in [5.74, 6) is 0.509. The summed E-state index contributed by atoms with van der Waals surface area (Å²) in [6.07, 6.45) is 3.11. The highest BCUT2D eigenvalue weighted by Gasteiger charge is 2.26. The molecule has 3 heterocycles. The van der Waals surface area contributed by atoms with E-state index in [0.717, 1.165) is 5.56 Å². The van der Waals surface area contributed by atoms with Crippen LogP contribution < -0.4 is 22.3 Å². The van der Waals surface area contributed by atoms with E-state index >= 15 is 0 Å². The van der Waals surface area contributed by atoms with Gasteiger partial charge in [-0.05, 0) is 17.7 Å². The number of aromatic nitrogens is 6. The zero-order valence-electron chi connectivity index (χ0n) is 17.4. The Bertz CT molecular complexity index is 1550. The lowest BCUT2D eigenvalue weighted by molar-refractivity contribution is 0.761. The van der Waals surface area contributed by atoms with E-state index in [0.29, 0.717) is 22.1 Å². The Kier molecular flexibility index (Phi) is 5.52. The fraction of sp³-hybridized carbons (Fsp3) is 0.0455. The van der Waals surface area contributed by atoms with Crippen LogP contribution in [0, 0.1) is 0 Å². The minimum Gasteiger partial charge on any atom is -0.382 e. The molecule has 3 aromatic heterocycles. The van der Waals surface area contributed by atoms with Crippen molar-refractivity contribution >= 4 is 51.7 Å². The predicted molar refractivity (Wildman–Crippen MR) is 132 cm³/mol. The maximum atomic E-state index is 13.7. The van der Waals surface area contributed by atoms with Crippen molar-refractivity contribution in [1.82, 2.24) is 29.7 Å². The third-order valence-electron chi connectivity index (χ3n) is 5.18. The Morgan fingerprint density at radius 2 is 1.79 bits per heavy atom. The molecule has 1 atom stereocenters. The molecule has 0 amide bonds. The molecule has 0 saturated carbocycles. The molecule has 12 heteroatoms. The van der Waals surface area contributed by atoms with Gasteiger partial charge in [0, 0.05) is 6.20 Å². The van der Waals surface area contributed by atoms with Crippen molar-refractivity contribution in [3.8, 4) is 5.69 Å². The van der Waals surface area contributed by atoms with Gasteiger partial charge in [-0.3, -0.25) is 14.5 Å². The van der Waals surface area contributed by atoms with E-state index in [9.17, 15) is 4.79 Å². The number of aromatic amines is 1. The Balaban J connectivity index is 1.82. The molecule has 0 aliphatic rings. The minimum absolute atomic E-state index is 0.0222. The second-order valence-corrected chi connectivity index (χ2v) is 8.10. The summed E-state index contributed by atoms with van der Waals surface area (Å²) in [4.78, 5) is 26.6. The number of hydrogen-bond donors (Lipinski definition) is 4. The first kappa shape index (κ1) is 21.7. The summed E-state index contributed by atoms with van der Waals surface area (Å²) in [6, 6.07) is 13.8. The molecular formula is C22H17Cl2N9O. The smallest absolute Gasteiger partial charge is 0.267 e. The minimum atomic E-state index is -0.696. The van der Waals surface area contributed by atoms with E-state index in [1.807, 2.05) is 30.3 Å². The number of H-pyrrole nitrogens is 1. The third kappa shape index (κ3) is 3.78. The van der Waals surface area contributed by atoms with E-state index in [4.69, 9.17) is 39.7 Å². The van der Waals surface area contributed by atoms with Gasteiger partial charge in [0.1, 0.15) is 22.7 Å². The summed E-state index contributed by atoms with van der Waals surface area (Å²) in [7, 11) is 0. The number of rotatable bonds is 5. The first-order valence-corrected chi connectivity index (χ1v) is 10.8. The van der Waals surface area contributed by atoms with Crippen LogP contribution in [-0.2, 0) is 0 Å². The predicted octanol–water partition coefficient (Wildman–Crippen LogP) is 3.57. The highest BCUT2D eigenvalue weighted by atomic mass is 35.5. The normalized spacial score (nSPS) is 12.1. The summed E-state index contributed by atoms with van der Waals surface area (Å²) in [6.45, 7) is 0. The van der Waals surface area contributed by atoms with Crippen LogP contribution in [0.2, 0.25) is 10.0 Å². The van der Waals surface area contributed by atoms with Crippen LogP contribution in [0.25, 0.3) is 16.6 Å². The first-order valence-electron chi connectivity index (χ1n) is 10.0. The Labute approximate surface area is 202 Å². The third-order valence-corrected chi connectivity index (χ3v) is 5.87. The molecule has 5 aromatic rings. The first-order chi connectivity index (χ1) is 16.4. The fourth-order valence-corrected chi connectivity index (χ4v) is 4.06. The van der Waals surface area contributed by atoms with Crippen LogP contribution >= 0.6 is 23.2 Å². The van der Waals surface area contributed by atoms with Gasteiger partial charge < -0.3 is 16.8 Å². The summed E-state index contributed by atoms with van der Waals surface area (Å²) < 4.78 is 1.43. The molecule has 0 bridgehead atoms. The molecule has 170 valence electrons. The number of anilines is 3. The van der Waals surface area contributed by atoms with Crippen molar-refractivity contribution in [2.45, 2.75) is 6.04 Å². The van der Waals surface area contributed by atoms with Crippen LogP contribution in [0.5, 0.6) is 0 Å². The van der Waals surface area contributed by atoms with E-state index in [1.165, 1.54) is 10.8 Å². The molecule has 0 spiro atoms. The van der Waals surface area contributed by atoms with E-state index in [-0.39, 0.29) is 33.6 Å². The zero-order chi connectivity index (χ0) is 23.8. The molecule has 0 saturated heterocycles. The topological polar surface area (TPSA) is 153 Å². The number of hydrogen-bond acceptors (Lipinski definition) is 8. The molecule has 6 N–H and O–H groups in total.